The Kier molecular flexibility index (Phi) is 4.52. The Labute approximate surface area is 171 Å². The number of likely N-dealkylation sites (N-methyl/N-ethyl adjacent to an activating group) is 1. The van der Waals surface area contributed by atoms with Crippen molar-refractivity contribution in [2.45, 2.75) is 6.92 Å². The summed E-state index contributed by atoms with van der Waals surface area (Å²) in [6.07, 6.45) is 5.93. The van der Waals surface area contributed by atoms with Gasteiger partial charge in [-0.25, -0.2) is 9.97 Å². The molecule has 0 atom stereocenters. The van der Waals surface area contributed by atoms with Crippen LogP contribution in [0.5, 0.6) is 0 Å². The van der Waals surface area contributed by atoms with Crippen LogP contribution in [0, 0.1) is 6.92 Å². The van der Waals surface area contributed by atoms with Gasteiger partial charge in [0.15, 0.2) is 0 Å². The number of rotatable bonds is 3. The monoisotopic (exact) mass is 383 g/mol. The summed E-state index contributed by atoms with van der Waals surface area (Å²) >= 11 is 0. The number of pyridine rings is 2. The van der Waals surface area contributed by atoms with E-state index in [1.807, 2.05) is 12.4 Å². The number of aryl methyl sites for hydroxylation is 1. The molecule has 0 radical (unpaired) electrons. The molecule has 3 aromatic heterocycles. The Bertz CT molecular complexity index is 1150. The standard InChI is InChI=1S/C24H25N5/c1-17-5-3-4-6-20(17)19-13-21-22(16-27-24(21)26-15-19)18-7-8-25-23(14-18)29-11-9-28(2)10-12-29/h3-8,13-16H,9-12H2,1-2H3,(H,26,27). The van der Waals surface area contributed by atoms with Gasteiger partial charge in [0.1, 0.15) is 11.5 Å². The molecule has 0 aliphatic carbocycles. The summed E-state index contributed by atoms with van der Waals surface area (Å²) < 4.78 is 0. The minimum atomic E-state index is 0.912. The zero-order chi connectivity index (χ0) is 19.8. The predicted molar refractivity (Wildman–Crippen MR) is 119 cm³/mol. The lowest BCUT2D eigenvalue weighted by molar-refractivity contribution is 0.312. The Morgan fingerprint density at radius 1 is 0.897 bits per heavy atom. The first-order valence-electron chi connectivity index (χ1n) is 10.1. The molecular weight excluding hydrogens is 358 g/mol. The molecular formula is C24H25N5. The Balaban J connectivity index is 1.55. The van der Waals surface area contributed by atoms with E-state index in [0.29, 0.717) is 0 Å². The van der Waals surface area contributed by atoms with E-state index >= 15 is 0 Å². The second-order valence-electron chi connectivity index (χ2n) is 7.83. The summed E-state index contributed by atoms with van der Waals surface area (Å²) in [6.45, 7) is 6.31. The summed E-state index contributed by atoms with van der Waals surface area (Å²) in [5.74, 6) is 1.05. The fraction of sp³-hybridized carbons (Fsp3) is 0.250. The van der Waals surface area contributed by atoms with E-state index in [2.05, 4.69) is 87.4 Å². The Morgan fingerprint density at radius 2 is 1.72 bits per heavy atom. The molecule has 146 valence electrons. The van der Waals surface area contributed by atoms with Crippen molar-refractivity contribution in [3.05, 3.63) is 66.6 Å². The van der Waals surface area contributed by atoms with Crippen LogP contribution in [0.3, 0.4) is 0 Å². The number of nitrogens with zero attached hydrogens (tertiary/aromatic N) is 4. The van der Waals surface area contributed by atoms with Crippen LogP contribution in [0.1, 0.15) is 5.56 Å². The van der Waals surface area contributed by atoms with Gasteiger partial charge in [0.25, 0.3) is 0 Å². The molecule has 0 bridgehead atoms. The van der Waals surface area contributed by atoms with Gasteiger partial charge in [-0.3, -0.25) is 0 Å². The number of fused-ring (bicyclic) bond motifs is 1. The minimum absolute atomic E-state index is 0.912. The first-order valence-corrected chi connectivity index (χ1v) is 10.1. The second-order valence-corrected chi connectivity index (χ2v) is 7.83. The molecule has 1 saturated heterocycles. The van der Waals surface area contributed by atoms with Crippen molar-refractivity contribution in [1.82, 2.24) is 19.9 Å². The van der Waals surface area contributed by atoms with Gasteiger partial charge in [0, 0.05) is 61.3 Å². The van der Waals surface area contributed by atoms with E-state index in [-0.39, 0.29) is 0 Å². The van der Waals surface area contributed by atoms with Crippen LogP contribution < -0.4 is 4.90 Å². The first-order chi connectivity index (χ1) is 14.2. The number of aromatic amines is 1. The quantitative estimate of drug-likeness (QED) is 0.571. The molecule has 0 amide bonds. The average Bonchev–Trinajstić information content (AvgIpc) is 3.18. The number of piperazine rings is 1. The third-order valence-electron chi connectivity index (χ3n) is 5.87. The number of nitrogens with one attached hydrogen (secondary N) is 1. The molecule has 1 aliphatic heterocycles. The SMILES string of the molecule is Cc1ccccc1-c1cnc2[nH]cc(-c3ccnc(N4CCN(C)CC4)c3)c2c1. The van der Waals surface area contributed by atoms with Crippen molar-refractivity contribution in [1.29, 1.82) is 0 Å². The van der Waals surface area contributed by atoms with E-state index < -0.39 is 0 Å². The van der Waals surface area contributed by atoms with Gasteiger partial charge in [-0.2, -0.15) is 0 Å². The van der Waals surface area contributed by atoms with Gasteiger partial charge < -0.3 is 14.8 Å². The van der Waals surface area contributed by atoms with Crippen LogP contribution in [0.4, 0.5) is 5.82 Å². The fourth-order valence-electron chi connectivity index (χ4n) is 4.08. The topological polar surface area (TPSA) is 48.1 Å². The Morgan fingerprint density at radius 3 is 2.55 bits per heavy atom. The van der Waals surface area contributed by atoms with E-state index in [1.54, 1.807) is 0 Å². The van der Waals surface area contributed by atoms with Crippen molar-refractivity contribution in [2.24, 2.45) is 0 Å². The Hall–Kier alpha value is -3.18. The van der Waals surface area contributed by atoms with Crippen molar-refractivity contribution in [3.8, 4) is 22.3 Å². The smallest absolute Gasteiger partial charge is 0.137 e. The zero-order valence-corrected chi connectivity index (χ0v) is 16.9. The summed E-state index contributed by atoms with van der Waals surface area (Å²) in [5, 5.41) is 1.14. The van der Waals surface area contributed by atoms with Crippen molar-refractivity contribution >= 4 is 16.9 Å². The lowest BCUT2D eigenvalue weighted by Crippen LogP contribution is -2.44. The number of anilines is 1. The van der Waals surface area contributed by atoms with E-state index in [1.165, 1.54) is 22.3 Å². The van der Waals surface area contributed by atoms with Crippen molar-refractivity contribution < 1.29 is 0 Å². The van der Waals surface area contributed by atoms with Crippen LogP contribution in [0.15, 0.2) is 61.1 Å². The highest BCUT2D eigenvalue weighted by Crippen LogP contribution is 2.33. The van der Waals surface area contributed by atoms with E-state index in [9.17, 15) is 0 Å². The lowest BCUT2D eigenvalue weighted by atomic mass is 10.00. The maximum Gasteiger partial charge on any atom is 0.137 e. The van der Waals surface area contributed by atoms with Crippen LogP contribution >= 0.6 is 0 Å². The van der Waals surface area contributed by atoms with E-state index in [0.717, 1.165) is 48.6 Å². The average molecular weight is 383 g/mol. The number of hydrogen-bond acceptors (Lipinski definition) is 4. The summed E-state index contributed by atoms with van der Waals surface area (Å²) in [6, 6.07) is 15.0. The number of H-pyrrole nitrogens is 1. The highest BCUT2D eigenvalue weighted by molar-refractivity contribution is 5.96. The molecule has 0 saturated carbocycles. The van der Waals surface area contributed by atoms with Crippen LogP contribution in [-0.2, 0) is 0 Å². The van der Waals surface area contributed by atoms with Gasteiger partial charge in [-0.05, 0) is 48.9 Å². The number of hydrogen-bond donors (Lipinski definition) is 1. The zero-order valence-electron chi connectivity index (χ0n) is 16.9. The second kappa shape index (κ2) is 7.33. The molecule has 5 nitrogen and oxygen atoms in total. The van der Waals surface area contributed by atoms with E-state index in [4.69, 9.17) is 0 Å². The molecule has 1 N–H and O–H groups in total. The van der Waals surface area contributed by atoms with Crippen molar-refractivity contribution in [2.75, 3.05) is 38.1 Å². The third-order valence-corrected chi connectivity index (χ3v) is 5.87. The molecule has 1 aromatic carbocycles. The molecule has 1 fully saturated rings. The first kappa shape index (κ1) is 17.9. The number of benzene rings is 1. The minimum Gasteiger partial charge on any atom is -0.354 e. The molecule has 4 heterocycles. The van der Waals surface area contributed by atoms with Gasteiger partial charge in [-0.15, -0.1) is 0 Å². The molecule has 0 unspecified atom stereocenters. The fourth-order valence-corrected chi connectivity index (χ4v) is 4.08. The predicted octanol–water partition coefficient (Wildman–Crippen LogP) is 4.35. The lowest BCUT2D eigenvalue weighted by Gasteiger charge is -2.33. The summed E-state index contributed by atoms with van der Waals surface area (Å²) in [5.41, 5.74) is 6.87. The summed E-state index contributed by atoms with van der Waals surface area (Å²) in [7, 11) is 2.17. The maximum atomic E-state index is 4.68. The van der Waals surface area contributed by atoms with Crippen molar-refractivity contribution in [3.63, 3.8) is 0 Å². The van der Waals surface area contributed by atoms with Crippen LogP contribution in [0.25, 0.3) is 33.3 Å². The summed E-state index contributed by atoms with van der Waals surface area (Å²) in [4.78, 5) is 17.4. The molecule has 29 heavy (non-hydrogen) atoms. The number of aromatic nitrogens is 3. The molecule has 1 aliphatic rings. The van der Waals surface area contributed by atoms with Gasteiger partial charge >= 0.3 is 0 Å². The highest BCUT2D eigenvalue weighted by atomic mass is 15.3. The largest absolute Gasteiger partial charge is 0.354 e. The molecule has 5 rings (SSSR count). The van der Waals surface area contributed by atoms with Gasteiger partial charge in [-0.1, -0.05) is 24.3 Å². The van der Waals surface area contributed by atoms with Gasteiger partial charge in [0.05, 0.1) is 0 Å². The third kappa shape index (κ3) is 3.38. The maximum absolute atomic E-state index is 4.68. The van der Waals surface area contributed by atoms with Crippen LogP contribution in [0.2, 0.25) is 0 Å². The molecule has 0 spiro atoms. The van der Waals surface area contributed by atoms with Crippen LogP contribution in [-0.4, -0.2) is 53.1 Å². The van der Waals surface area contributed by atoms with Gasteiger partial charge in [0.2, 0.25) is 0 Å². The normalized spacial score (nSPS) is 15.2. The highest BCUT2D eigenvalue weighted by Gasteiger charge is 2.17. The molecule has 5 heteroatoms. The molecule has 4 aromatic rings.